The average molecular weight is 253 g/mol. The molecule has 0 spiro atoms. The molecule has 3 heteroatoms. The fraction of sp³-hybridized carbons (Fsp3) is 0.571. The van der Waals surface area contributed by atoms with Gasteiger partial charge in [-0.25, -0.2) is 0 Å². The third kappa shape index (κ3) is 3.14. The molecule has 2 rings (SSSR count). The summed E-state index contributed by atoms with van der Waals surface area (Å²) >= 11 is 6.20. The zero-order chi connectivity index (χ0) is 12.3. The first kappa shape index (κ1) is 12.7. The van der Waals surface area contributed by atoms with Crippen molar-refractivity contribution in [3.8, 4) is 0 Å². The normalized spacial score (nSPS) is 22.1. The fourth-order valence-corrected chi connectivity index (χ4v) is 2.53. The maximum absolute atomic E-state index is 6.20. The molecule has 94 valence electrons. The lowest BCUT2D eigenvalue weighted by Crippen LogP contribution is -2.38. The van der Waals surface area contributed by atoms with Gasteiger partial charge in [0.25, 0.3) is 0 Å². The Hall–Kier alpha value is -0.730. The number of hydrogen-bond donors (Lipinski definition) is 1. The summed E-state index contributed by atoms with van der Waals surface area (Å²) in [5.74, 6) is 0. The monoisotopic (exact) mass is 252 g/mol. The number of halogens is 1. The average Bonchev–Trinajstić information content (AvgIpc) is 2.29. The smallest absolute Gasteiger partial charge is 0.0455 e. The minimum atomic E-state index is 0.609. The van der Waals surface area contributed by atoms with E-state index in [0.717, 1.165) is 24.7 Å². The van der Waals surface area contributed by atoms with Crippen LogP contribution in [0.3, 0.4) is 0 Å². The summed E-state index contributed by atoms with van der Waals surface area (Å²) < 4.78 is 0. The van der Waals surface area contributed by atoms with Gasteiger partial charge in [0.2, 0.25) is 0 Å². The van der Waals surface area contributed by atoms with Crippen molar-refractivity contribution in [3.05, 3.63) is 28.8 Å². The molecule has 1 N–H and O–H groups in total. The summed E-state index contributed by atoms with van der Waals surface area (Å²) in [6.45, 7) is 7.69. The molecule has 0 bridgehead atoms. The number of hydrogen-bond acceptors (Lipinski definition) is 2. The Kier molecular flexibility index (Phi) is 4.30. The second kappa shape index (κ2) is 5.74. The summed E-state index contributed by atoms with van der Waals surface area (Å²) in [4.78, 5) is 2.47. The summed E-state index contributed by atoms with van der Waals surface area (Å²) in [7, 11) is 0. The number of benzene rings is 1. The summed E-state index contributed by atoms with van der Waals surface area (Å²) in [6, 6.07) is 6.80. The topological polar surface area (TPSA) is 15.3 Å². The zero-order valence-corrected chi connectivity index (χ0v) is 11.4. The largest absolute Gasteiger partial charge is 0.371 e. The third-order valence-corrected chi connectivity index (χ3v) is 3.92. The van der Waals surface area contributed by atoms with Crippen molar-refractivity contribution >= 4 is 17.3 Å². The molecule has 1 aliphatic rings. The predicted molar refractivity (Wildman–Crippen MR) is 75.1 cm³/mol. The molecule has 0 aliphatic carbocycles. The van der Waals surface area contributed by atoms with E-state index in [1.807, 2.05) is 12.1 Å². The van der Waals surface area contributed by atoms with Gasteiger partial charge in [0.1, 0.15) is 0 Å². The van der Waals surface area contributed by atoms with Crippen LogP contribution in [0.1, 0.15) is 25.3 Å². The van der Waals surface area contributed by atoms with E-state index in [9.17, 15) is 0 Å². The van der Waals surface area contributed by atoms with Crippen LogP contribution in [-0.4, -0.2) is 25.7 Å². The van der Waals surface area contributed by atoms with Crippen LogP contribution in [0.4, 0.5) is 5.69 Å². The highest BCUT2D eigenvalue weighted by Gasteiger charge is 2.14. The lowest BCUT2D eigenvalue weighted by molar-refractivity contribution is 0.475. The van der Waals surface area contributed by atoms with E-state index in [0.29, 0.717) is 6.04 Å². The van der Waals surface area contributed by atoms with Gasteiger partial charge in [-0.05, 0) is 50.9 Å². The Morgan fingerprint density at radius 1 is 1.35 bits per heavy atom. The molecular formula is C14H21ClN2. The lowest BCUT2D eigenvalue weighted by atomic mass is 10.1. The van der Waals surface area contributed by atoms with E-state index in [1.165, 1.54) is 24.1 Å². The number of anilines is 1. The number of nitrogens with one attached hydrogen (secondary N) is 1. The van der Waals surface area contributed by atoms with Crippen molar-refractivity contribution in [2.75, 3.05) is 24.5 Å². The molecule has 1 fully saturated rings. The molecule has 1 aromatic carbocycles. The van der Waals surface area contributed by atoms with Gasteiger partial charge in [-0.15, -0.1) is 0 Å². The van der Waals surface area contributed by atoms with Crippen LogP contribution < -0.4 is 10.2 Å². The van der Waals surface area contributed by atoms with Crippen LogP contribution in [0, 0.1) is 6.92 Å². The molecule has 17 heavy (non-hydrogen) atoms. The first-order valence-electron chi connectivity index (χ1n) is 6.42. The fourth-order valence-electron chi connectivity index (χ4n) is 2.36. The Labute approximate surface area is 109 Å². The van der Waals surface area contributed by atoms with E-state index in [1.54, 1.807) is 0 Å². The standard InChI is InChI=1S/C14H21ClN2/c1-11-7-10-17(9-4-8-16-11)14-6-3-5-13(15)12(14)2/h3,5-6,11,16H,4,7-10H2,1-2H3. The van der Waals surface area contributed by atoms with Gasteiger partial charge in [-0.3, -0.25) is 0 Å². The summed E-state index contributed by atoms with van der Waals surface area (Å²) in [6.07, 6.45) is 2.38. The van der Waals surface area contributed by atoms with E-state index >= 15 is 0 Å². The predicted octanol–water partition coefficient (Wildman–Crippen LogP) is 3.23. The van der Waals surface area contributed by atoms with Crippen molar-refractivity contribution in [1.82, 2.24) is 5.32 Å². The van der Waals surface area contributed by atoms with Crippen LogP contribution in [0.2, 0.25) is 5.02 Å². The molecule has 1 heterocycles. The number of rotatable bonds is 1. The second-order valence-electron chi connectivity index (χ2n) is 4.87. The molecule has 1 saturated heterocycles. The summed E-state index contributed by atoms with van der Waals surface area (Å²) in [5.41, 5.74) is 2.50. The highest BCUT2D eigenvalue weighted by atomic mass is 35.5. The summed E-state index contributed by atoms with van der Waals surface area (Å²) in [5, 5.41) is 4.40. The minimum Gasteiger partial charge on any atom is -0.371 e. The molecule has 1 aliphatic heterocycles. The van der Waals surface area contributed by atoms with Crippen LogP contribution in [0.15, 0.2) is 18.2 Å². The van der Waals surface area contributed by atoms with Crippen molar-refractivity contribution in [2.45, 2.75) is 32.7 Å². The second-order valence-corrected chi connectivity index (χ2v) is 5.28. The van der Waals surface area contributed by atoms with Gasteiger partial charge in [0.15, 0.2) is 0 Å². The van der Waals surface area contributed by atoms with Crippen molar-refractivity contribution in [3.63, 3.8) is 0 Å². The molecular weight excluding hydrogens is 232 g/mol. The molecule has 0 aromatic heterocycles. The molecule has 1 atom stereocenters. The molecule has 1 aromatic rings. The highest BCUT2D eigenvalue weighted by Crippen LogP contribution is 2.27. The van der Waals surface area contributed by atoms with E-state index < -0.39 is 0 Å². The van der Waals surface area contributed by atoms with Gasteiger partial charge in [-0.1, -0.05) is 17.7 Å². The highest BCUT2D eigenvalue weighted by molar-refractivity contribution is 6.31. The van der Waals surface area contributed by atoms with Crippen molar-refractivity contribution in [1.29, 1.82) is 0 Å². The zero-order valence-electron chi connectivity index (χ0n) is 10.7. The van der Waals surface area contributed by atoms with Gasteiger partial charge < -0.3 is 10.2 Å². The first-order valence-corrected chi connectivity index (χ1v) is 6.79. The molecule has 0 radical (unpaired) electrons. The minimum absolute atomic E-state index is 0.609. The van der Waals surface area contributed by atoms with Crippen molar-refractivity contribution < 1.29 is 0 Å². The Balaban J connectivity index is 2.16. The van der Waals surface area contributed by atoms with Gasteiger partial charge in [0.05, 0.1) is 0 Å². The van der Waals surface area contributed by atoms with E-state index in [4.69, 9.17) is 11.6 Å². The van der Waals surface area contributed by atoms with E-state index in [-0.39, 0.29) is 0 Å². The Bertz CT molecular complexity index is 378. The quantitative estimate of drug-likeness (QED) is 0.826. The van der Waals surface area contributed by atoms with E-state index in [2.05, 4.69) is 30.1 Å². The van der Waals surface area contributed by atoms with Crippen LogP contribution in [0.25, 0.3) is 0 Å². The van der Waals surface area contributed by atoms with Crippen LogP contribution >= 0.6 is 11.6 Å². The maximum atomic E-state index is 6.20. The molecule has 2 nitrogen and oxygen atoms in total. The molecule has 0 amide bonds. The van der Waals surface area contributed by atoms with Gasteiger partial charge in [-0.2, -0.15) is 0 Å². The SMILES string of the molecule is Cc1c(Cl)cccc1N1CCCNC(C)CC1. The number of nitrogens with zero attached hydrogens (tertiary/aromatic N) is 1. The first-order chi connectivity index (χ1) is 8.18. The molecule has 1 unspecified atom stereocenters. The molecule has 0 saturated carbocycles. The van der Waals surface area contributed by atoms with Crippen LogP contribution in [-0.2, 0) is 0 Å². The third-order valence-electron chi connectivity index (χ3n) is 3.51. The maximum Gasteiger partial charge on any atom is 0.0455 e. The van der Waals surface area contributed by atoms with Crippen LogP contribution in [0.5, 0.6) is 0 Å². The van der Waals surface area contributed by atoms with Crippen molar-refractivity contribution in [2.24, 2.45) is 0 Å². The Morgan fingerprint density at radius 2 is 2.18 bits per heavy atom. The Morgan fingerprint density at radius 3 is 3.00 bits per heavy atom. The van der Waals surface area contributed by atoms with Gasteiger partial charge in [0, 0.05) is 29.8 Å². The van der Waals surface area contributed by atoms with Gasteiger partial charge >= 0.3 is 0 Å². The lowest BCUT2D eigenvalue weighted by Gasteiger charge is -2.31.